The SMILES string of the molecule is CCN1CCC[C@@H]1CNc1ncccc1[N+](=O)[O-]. The van der Waals surface area contributed by atoms with Crippen LogP contribution in [0.5, 0.6) is 0 Å². The minimum atomic E-state index is -0.401. The molecule has 98 valence electrons. The molecule has 1 saturated heterocycles. The second-order valence-corrected chi connectivity index (χ2v) is 4.43. The summed E-state index contributed by atoms with van der Waals surface area (Å²) in [7, 11) is 0. The van der Waals surface area contributed by atoms with Gasteiger partial charge < -0.3 is 5.32 Å². The fourth-order valence-electron chi connectivity index (χ4n) is 2.44. The van der Waals surface area contributed by atoms with Crippen LogP contribution < -0.4 is 5.32 Å². The Hall–Kier alpha value is -1.69. The summed E-state index contributed by atoms with van der Waals surface area (Å²) in [5, 5.41) is 14.0. The molecule has 1 aromatic heterocycles. The van der Waals surface area contributed by atoms with E-state index in [9.17, 15) is 10.1 Å². The molecule has 2 rings (SSSR count). The van der Waals surface area contributed by atoms with E-state index in [2.05, 4.69) is 22.1 Å². The van der Waals surface area contributed by atoms with Gasteiger partial charge in [-0.15, -0.1) is 0 Å². The lowest BCUT2D eigenvalue weighted by Gasteiger charge is -2.22. The maximum atomic E-state index is 10.9. The van der Waals surface area contributed by atoms with E-state index >= 15 is 0 Å². The van der Waals surface area contributed by atoms with E-state index in [1.165, 1.54) is 12.5 Å². The van der Waals surface area contributed by atoms with E-state index in [1.54, 1.807) is 12.3 Å². The monoisotopic (exact) mass is 250 g/mol. The first kappa shape index (κ1) is 12.8. The van der Waals surface area contributed by atoms with Gasteiger partial charge >= 0.3 is 5.69 Å². The van der Waals surface area contributed by atoms with Crippen LogP contribution in [-0.2, 0) is 0 Å². The van der Waals surface area contributed by atoms with E-state index in [0.29, 0.717) is 18.4 Å². The van der Waals surface area contributed by atoms with Crippen molar-refractivity contribution in [2.45, 2.75) is 25.8 Å². The Morgan fingerprint density at radius 3 is 3.22 bits per heavy atom. The van der Waals surface area contributed by atoms with Crippen molar-refractivity contribution in [3.8, 4) is 0 Å². The van der Waals surface area contributed by atoms with Crippen LogP contribution in [0.4, 0.5) is 11.5 Å². The molecule has 2 heterocycles. The third kappa shape index (κ3) is 2.76. The van der Waals surface area contributed by atoms with E-state index in [4.69, 9.17) is 0 Å². The molecule has 0 radical (unpaired) electrons. The Morgan fingerprint density at radius 2 is 2.50 bits per heavy atom. The summed E-state index contributed by atoms with van der Waals surface area (Å²) in [4.78, 5) is 16.9. The number of rotatable bonds is 5. The molecular formula is C12H18N4O2. The Morgan fingerprint density at radius 1 is 1.67 bits per heavy atom. The van der Waals surface area contributed by atoms with Crippen molar-refractivity contribution in [1.29, 1.82) is 0 Å². The molecule has 0 spiro atoms. The van der Waals surface area contributed by atoms with Gasteiger partial charge in [0.1, 0.15) is 0 Å². The normalized spacial score (nSPS) is 19.9. The molecule has 1 aliphatic heterocycles. The molecule has 1 atom stereocenters. The standard InChI is InChI=1S/C12H18N4O2/c1-2-15-8-4-5-10(15)9-14-12-11(16(17)18)6-3-7-13-12/h3,6-7,10H,2,4-5,8-9H2,1H3,(H,13,14)/t10-/m1/s1. The lowest BCUT2D eigenvalue weighted by molar-refractivity contribution is -0.384. The maximum absolute atomic E-state index is 10.9. The fourth-order valence-corrected chi connectivity index (χ4v) is 2.44. The predicted octanol–water partition coefficient (Wildman–Crippen LogP) is 1.89. The zero-order chi connectivity index (χ0) is 13.0. The van der Waals surface area contributed by atoms with Gasteiger partial charge in [0.15, 0.2) is 0 Å². The largest absolute Gasteiger partial charge is 0.363 e. The average molecular weight is 250 g/mol. The Labute approximate surface area is 106 Å². The van der Waals surface area contributed by atoms with E-state index in [-0.39, 0.29) is 5.69 Å². The summed E-state index contributed by atoms with van der Waals surface area (Å²) in [6.45, 7) is 5.00. The number of nitrogens with zero attached hydrogens (tertiary/aromatic N) is 3. The number of likely N-dealkylation sites (N-methyl/N-ethyl adjacent to an activating group) is 1. The number of pyridine rings is 1. The van der Waals surface area contributed by atoms with Crippen molar-refractivity contribution in [1.82, 2.24) is 9.88 Å². The van der Waals surface area contributed by atoms with Gasteiger partial charge in [-0.05, 0) is 32.0 Å². The molecule has 1 aliphatic rings. The third-order valence-corrected chi connectivity index (χ3v) is 3.39. The van der Waals surface area contributed by atoms with Crippen LogP contribution in [0, 0.1) is 10.1 Å². The third-order valence-electron chi connectivity index (χ3n) is 3.39. The van der Waals surface area contributed by atoms with Crippen molar-refractivity contribution < 1.29 is 4.92 Å². The second-order valence-electron chi connectivity index (χ2n) is 4.43. The van der Waals surface area contributed by atoms with E-state index in [0.717, 1.165) is 19.5 Å². The van der Waals surface area contributed by atoms with Crippen molar-refractivity contribution in [3.05, 3.63) is 28.4 Å². The molecule has 18 heavy (non-hydrogen) atoms. The lowest BCUT2D eigenvalue weighted by atomic mass is 10.2. The highest BCUT2D eigenvalue weighted by Gasteiger charge is 2.23. The zero-order valence-electron chi connectivity index (χ0n) is 10.5. The van der Waals surface area contributed by atoms with E-state index in [1.807, 2.05) is 0 Å². The highest BCUT2D eigenvalue weighted by molar-refractivity contribution is 5.55. The smallest absolute Gasteiger partial charge is 0.311 e. The van der Waals surface area contributed by atoms with Crippen LogP contribution in [0.3, 0.4) is 0 Å². The summed E-state index contributed by atoms with van der Waals surface area (Å²) < 4.78 is 0. The second kappa shape index (κ2) is 5.77. The zero-order valence-corrected chi connectivity index (χ0v) is 10.5. The van der Waals surface area contributed by atoms with Crippen molar-refractivity contribution in [2.24, 2.45) is 0 Å². The van der Waals surface area contributed by atoms with Gasteiger partial charge in [-0.25, -0.2) is 4.98 Å². The molecular weight excluding hydrogens is 232 g/mol. The molecule has 0 amide bonds. The summed E-state index contributed by atoms with van der Waals surface area (Å²) in [5.74, 6) is 0.366. The summed E-state index contributed by atoms with van der Waals surface area (Å²) in [6.07, 6.45) is 3.91. The van der Waals surface area contributed by atoms with Crippen LogP contribution >= 0.6 is 0 Å². The number of aromatic nitrogens is 1. The molecule has 0 saturated carbocycles. The molecule has 0 unspecified atom stereocenters. The first-order valence-corrected chi connectivity index (χ1v) is 6.29. The number of anilines is 1. The predicted molar refractivity (Wildman–Crippen MR) is 69.7 cm³/mol. The summed E-state index contributed by atoms with van der Waals surface area (Å²) >= 11 is 0. The van der Waals surface area contributed by atoms with Crippen LogP contribution in [0.1, 0.15) is 19.8 Å². The summed E-state index contributed by atoms with van der Waals surface area (Å²) in [5.41, 5.74) is 0.0403. The molecule has 0 bridgehead atoms. The van der Waals surface area contributed by atoms with Crippen LogP contribution in [-0.4, -0.2) is 40.5 Å². The van der Waals surface area contributed by atoms with Gasteiger partial charge in [-0.1, -0.05) is 6.92 Å². The fraction of sp³-hybridized carbons (Fsp3) is 0.583. The first-order chi connectivity index (χ1) is 8.72. The molecule has 1 aromatic rings. The van der Waals surface area contributed by atoms with E-state index < -0.39 is 4.92 Å². The number of hydrogen-bond acceptors (Lipinski definition) is 5. The van der Waals surface area contributed by atoms with Crippen LogP contribution in [0.2, 0.25) is 0 Å². The topological polar surface area (TPSA) is 71.3 Å². The number of nitrogens with one attached hydrogen (secondary N) is 1. The number of likely N-dealkylation sites (tertiary alicyclic amines) is 1. The van der Waals surface area contributed by atoms with Gasteiger partial charge in [-0.3, -0.25) is 15.0 Å². The van der Waals surface area contributed by atoms with Crippen LogP contribution in [0.15, 0.2) is 18.3 Å². The maximum Gasteiger partial charge on any atom is 0.311 e. The number of nitro groups is 1. The van der Waals surface area contributed by atoms with Gasteiger partial charge in [0.2, 0.25) is 5.82 Å². The van der Waals surface area contributed by atoms with Crippen molar-refractivity contribution in [3.63, 3.8) is 0 Å². The summed E-state index contributed by atoms with van der Waals surface area (Å²) in [6, 6.07) is 3.51. The van der Waals surface area contributed by atoms with Gasteiger partial charge in [0, 0.05) is 24.8 Å². The first-order valence-electron chi connectivity index (χ1n) is 6.29. The molecule has 1 N–H and O–H groups in total. The minimum absolute atomic E-state index is 0.0403. The highest BCUT2D eigenvalue weighted by Crippen LogP contribution is 2.22. The average Bonchev–Trinajstić information content (AvgIpc) is 2.84. The van der Waals surface area contributed by atoms with Gasteiger partial charge in [0.25, 0.3) is 0 Å². The molecule has 6 nitrogen and oxygen atoms in total. The quantitative estimate of drug-likeness (QED) is 0.638. The Kier molecular flexibility index (Phi) is 4.09. The minimum Gasteiger partial charge on any atom is -0.363 e. The van der Waals surface area contributed by atoms with Crippen molar-refractivity contribution >= 4 is 11.5 Å². The molecule has 0 aliphatic carbocycles. The highest BCUT2D eigenvalue weighted by atomic mass is 16.6. The van der Waals surface area contributed by atoms with Crippen molar-refractivity contribution in [2.75, 3.05) is 25.0 Å². The van der Waals surface area contributed by atoms with Gasteiger partial charge in [-0.2, -0.15) is 0 Å². The van der Waals surface area contributed by atoms with Crippen LogP contribution in [0.25, 0.3) is 0 Å². The molecule has 6 heteroatoms. The lowest BCUT2D eigenvalue weighted by Crippen LogP contribution is -2.34. The Bertz CT molecular complexity index is 424. The number of hydrogen-bond donors (Lipinski definition) is 1. The Balaban J connectivity index is 2.00. The van der Waals surface area contributed by atoms with Gasteiger partial charge in [0.05, 0.1) is 4.92 Å². The molecule has 0 aromatic carbocycles. The molecule has 1 fully saturated rings.